The van der Waals surface area contributed by atoms with E-state index >= 15 is 0 Å². The van der Waals surface area contributed by atoms with Gasteiger partial charge in [0.1, 0.15) is 0 Å². The molecule has 0 aromatic heterocycles. The topological polar surface area (TPSA) is 102 Å². The van der Waals surface area contributed by atoms with Gasteiger partial charge in [-0.3, -0.25) is 10.0 Å². The van der Waals surface area contributed by atoms with Gasteiger partial charge in [0.05, 0.1) is 0 Å². The summed E-state index contributed by atoms with van der Waals surface area (Å²) in [6.45, 7) is 0.231. The third-order valence-corrected chi connectivity index (χ3v) is 3.64. The first-order chi connectivity index (χ1) is 12.6. The van der Waals surface area contributed by atoms with Crippen LogP contribution in [-0.2, 0) is 11.3 Å². The Labute approximate surface area is 151 Å². The van der Waals surface area contributed by atoms with Crippen molar-refractivity contribution in [1.29, 1.82) is 0 Å². The van der Waals surface area contributed by atoms with Crippen molar-refractivity contribution < 1.29 is 19.9 Å². The molecule has 26 heavy (non-hydrogen) atoms. The summed E-state index contributed by atoms with van der Waals surface area (Å²) in [7, 11) is 0. The fraction of sp³-hybridized carbons (Fsp3) is 0.158. The summed E-state index contributed by atoms with van der Waals surface area (Å²) in [5, 5.41) is 18.5. The van der Waals surface area contributed by atoms with Crippen molar-refractivity contribution in [1.82, 2.24) is 15.9 Å². The predicted molar refractivity (Wildman–Crippen MR) is 97.9 cm³/mol. The molecule has 0 unspecified atom stereocenters. The van der Waals surface area contributed by atoms with Crippen LogP contribution in [0.4, 0.5) is 4.79 Å². The van der Waals surface area contributed by atoms with Gasteiger partial charge >= 0.3 is 6.09 Å². The molecule has 0 aliphatic heterocycles. The van der Waals surface area contributed by atoms with Crippen LogP contribution in [0.15, 0.2) is 54.6 Å². The van der Waals surface area contributed by atoms with Gasteiger partial charge in [0.15, 0.2) is 0 Å². The lowest BCUT2D eigenvalue weighted by molar-refractivity contribution is -0.129. The maximum Gasteiger partial charge on any atom is 0.421 e. The second kappa shape index (κ2) is 9.97. The van der Waals surface area contributed by atoms with Crippen molar-refractivity contribution in [3.8, 4) is 0 Å². The molecule has 136 valence electrons. The molecule has 0 heterocycles. The second-order valence-corrected chi connectivity index (χ2v) is 5.54. The fourth-order valence-corrected chi connectivity index (χ4v) is 2.20. The Balaban J connectivity index is 1.88. The summed E-state index contributed by atoms with van der Waals surface area (Å²) < 4.78 is 0. The van der Waals surface area contributed by atoms with Crippen LogP contribution in [0.5, 0.6) is 0 Å². The largest absolute Gasteiger partial charge is 0.464 e. The summed E-state index contributed by atoms with van der Waals surface area (Å²) >= 11 is 0. The number of amides is 2. The summed E-state index contributed by atoms with van der Waals surface area (Å²) in [4.78, 5) is 22.2. The SMILES string of the molecule is O=C(CCN(NCc1ccc(C=Cc2ccccc2)cc1)C(=O)O)NO. The molecule has 7 nitrogen and oxygen atoms in total. The Bertz CT molecular complexity index is 745. The minimum atomic E-state index is -1.20. The fourth-order valence-electron chi connectivity index (χ4n) is 2.20. The van der Waals surface area contributed by atoms with E-state index in [1.807, 2.05) is 66.7 Å². The molecular formula is C19H21N3O4. The number of nitrogens with one attached hydrogen (secondary N) is 2. The van der Waals surface area contributed by atoms with Crippen molar-refractivity contribution in [3.05, 3.63) is 71.3 Å². The zero-order chi connectivity index (χ0) is 18.8. The number of carboxylic acid groups (broad SMARTS) is 1. The zero-order valence-electron chi connectivity index (χ0n) is 14.1. The number of carbonyl (C=O) groups is 2. The van der Waals surface area contributed by atoms with E-state index in [-0.39, 0.29) is 13.0 Å². The summed E-state index contributed by atoms with van der Waals surface area (Å²) in [5.41, 5.74) is 7.27. The standard InChI is InChI=1S/C19H21N3O4/c23-18(21-26)12-13-22(19(24)25)20-14-17-10-8-16(9-11-17)7-6-15-4-2-1-3-5-15/h1-11,20,26H,12-14H2,(H,21,23)(H,24,25). The number of nitrogens with zero attached hydrogens (tertiary/aromatic N) is 1. The molecule has 0 saturated carbocycles. The molecule has 2 aromatic carbocycles. The maximum atomic E-state index is 11.2. The van der Waals surface area contributed by atoms with Gasteiger partial charge in [-0.05, 0) is 16.7 Å². The number of rotatable bonds is 8. The van der Waals surface area contributed by atoms with Crippen LogP contribution in [0.25, 0.3) is 12.2 Å². The highest BCUT2D eigenvalue weighted by atomic mass is 16.5. The van der Waals surface area contributed by atoms with E-state index in [0.717, 1.165) is 21.7 Å². The van der Waals surface area contributed by atoms with Gasteiger partial charge in [-0.25, -0.2) is 20.7 Å². The number of hydrazine groups is 1. The predicted octanol–water partition coefficient (Wildman–Crippen LogP) is 2.74. The van der Waals surface area contributed by atoms with E-state index in [2.05, 4.69) is 5.43 Å². The van der Waals surface area contributed by atoms with Gasteiger partial charge < -0.3 is 5.11 Å². The van der Waals surface area contributed by atoms with E-state index < -0.39 is 12.0 Å². The van der Waals surface area contributed by atoms with Gasteiger partial charge in [0, 0.05) is 19.5 Å². The first kappa shape index (κ1) is 19.2. The van der Waals surface area contributed by atoms with Crippen LogP contribution in [0.1, 0.15) is 23.1 Å². The van der Waals surface area contributed by atoms with E-state index in [1.165, 1.54) is 5.48 Å². The third-order valence-electron chi connectivity index (χ3n) is 3.64. The Hall–Kier alpha value is -3.16. The molecule has 2 aromatic rings. The molecule has 2 rings (SSSR count). The third kappa shape index (κ3) is 6.39. The van der Waals surface area contributed by atoms with E-state index in [9.17, 15) is 9.59 Å². The summed E-state index contributed by atoms with van der Waals surface area (Å²) in [5.74, 6) is -0.646. The molecule has 7 heteroatoms. The summed E-state index contributed by atoms with van der Waals surface area (Å²) in [6.07, 6.45) is 2.69. The minimum absolute atomic E-state index is 0.0698. The van der Waals surface area contributed by atoms with Crippen LogP contribution >= 0.6 is 0 Å². The van der Waals surface area contributed by atoms with Crippen LogP contribution < -0.4 is 10.9 Å². The molecule has 0 bridgehead atoms. The zero-order valence-corrected chi connectivity index (χ0v) is 14.1. The smallest absolute Gasteiger partial charge is 0.421 e. The summed E-state index contributed by atoms with van der Waals surface area (Å²) in [6, 6.07) is 17.7. The van der Waals surface area contributed by atoms with Crippen molar-refractivity contribution in [3.63, 3.8) is 0 Å². The molecule has 2 amide bonds. The molecule has 0 aliphatic rings. The van der Waals surface area contributed by atoms with Gasteiger partial charge in [0.2, 0.25) is 5.91 Å². The highest BCUT2D eigenvalue weighted by molar-refractivity contribution is 5.75. The Morgan fingerprint density at radius 3 is 2.15 bits per heavy atom. The highest BCUT2D eigenvalue weighted by Gasteiger charge is 2.13. The van der Waals surface area contributed by atoms with Crippen molar-refractivity contribution in [2.24, 2.45) is 0 Å². The molecule has 0 aliphatic carbocycles. The maximum absolute atomic E-state index is 11.2. The van der Waals surface area contributed by atoms with Gasteiger partial charge in [-0.15, -0.1) is 0 Å². The van der Waals surface area contributed by atoms with Gasteiger partial charge in [-0.2, -0.15) is 0 Å². The average Bonchev–Trinajstić information content (AvgIpc) is 2.67. The monoisotopic (exact) mass is 355 g/mol. The lowest BCUT2D eigenvalue weighted by Crippen LogP contribution is -2.43. The second-order valence-electron chi connectivity index (χ2n) is 5.54. The number of hydrogen-bond donors (Lipinski definition) is 4. The van der Waals surface area contributed by atoms with Crippen molar-refractivity contribution >= 4 is 24.2 Å². The molecule has 0 atom stereocenters. The van der Waals surface area contributed by atoms with Crippen LogP contribution in [0, 0.1) is 0 Å². The quantitative estimate of drug-likeness (QED) is 0.331. The Morgan fingerprint density at radius 2 is 1.58 bits per heavy atom. The van der Waals surface area contributed by atoms with E-state index in [0.29, 0.717) is 6.54 Å². The number of carbonyl (C=O) groups excluding carboxylic acids is 1. The molecule has 0 spiro atoms. The number of hydrogen-bond acceptors (Lipinski definition) is 4. The van der Waals surface area contributed by atoms with E-state index in [1.54, 1.807) is 0 Å². The van der Waals surface area contributed by atoms with E-state index in [4.69, 9.17) is 10.3 Å². The molecule has 0 saturated heterocycles. The minimum Gasteiger partial charge on any atom is -0.464 e. The van der Waals surface area contributed by atoms with Crippen molar-refractivity contribution in [2.75, 3.05) is 6.54 Å². The first-order valence-electron chi connectivity index (χ1n) is 8.07. The molecule has 0 radical (unpaired) electrons. The van der Waals surface area contributed by atoms with Gasteiger partial charge in [0.25, 0.3) is 0 Å². The Kier molecular flexibility index (Phi) is 7.35. The van der Waals surface area contributed by atoms with Gasteiger partial charge in [-0.1, -0.05) is 66.7 Å². The first-order valence-corrected chi connectivity index (χ1v) is 8.07. The average molecular weight is 355 g/mol. The highest BCUT2D eigenvalue weighted by Crippen LogP contribution is 2.10. The van der Waals surface area contributed by atoms with Crippen molar-refractivity contribution in [2.45, 2.75) is 13.0 Å². The van der Waals surface area contributed by atoms with Crippen LogP contribution in [0.2, 0.25) is 0 Å². The molecular weight excluding hydrogens is 334 g/mol. The lowest BCUT2D eigenvalue weighted by atomic mass is 10.1. The number of benzene rings is 2. The molecule has 0 fully saturated rings. The molecule has 4 N–H and O–H groups in total. The normalized spacial score (nSPS) is 10.7. The van der Waals surface area contributed by atoms with Crippen LogP contribution in [-0.4, -0.2) is 33.9 Å². The number of hydroxylamine groups is 1. The lowest BCUT2D eigenvalue weighted by Gasteiger charge is -2.19. The van der Waals surface area contributed by atoms with Crippen LogP contribution in [0.3, 0.4) is 0 Å². The Morgan fingerprint density at radius 1 is 0.962 bits per heavy atom.